The highest BCUT2D eigenvalue weighted by molar-refractivity contribution is 7.15. The van der Waals surface area contributed by atoms with Crippen molar-refractivity contribution in [2.45, 2.75) is 33.1 Å². The molecule has 4 aromatic rings. The van der Waals surface area contributed by atoms with Crippen LogP contribution in [0.2, 0.25) is 0 Å². The maximum atomic E-state index is 13.3. The van der Waals surface area contributed by atoms with E-state index in [4.69, 9.17) is 9.97 Å². The van der Waals surface area contributed by atoms with Gasteiger partial charge < -0.3 is 0 Å². The lowest BCUT2D eigenvalue weighted by Crippen LogP contribution is -2.13. The minimum Gasteiger partial charge on any atom is -0.298 e. The van der Waals surface area contributed by atoms with Gasteiger partial charge >= 0.3 is 0 Å². The summed E-state index contributed by atoms with van der Waals surface area (Å²) >= 11 is 1.61. The molecule has 0 saturated carbocycles. The Kier molecular flexibility index (Phi) is 4.83. The number of para-hydroxylation sites is 1. The van der Waals surface area contributed by atoms with Gasteiger partial charge in [-0.25, -0.2) is 9.97 Å². The lowest BCUT2D eigenvalue weighted by atomic mass is 9.93. The number of pyridine rings is 1. The number of thiazole rings is 1. The van der Waals surface area contributed by atoms with E-state index in [-0.39, 0.29) is 5.91 Å². The maximum absolute atomic E-state index is 13.3. The Labute approximate surface area is 180 Å². The van der Waals surface area contributed by atoms with E-state index in [1.165, 1.54) is 16.9 Å². The fourth-order valence-electron chi connectivity index (χ4n) is 3.99. The zero-order chi connectivity index (χ0) is 20.7. The highest BCUT2D eigenvalue weighted by Crippen LogP contribution is 2.33. The van der Waals surface area contributed by atoms with E-state index in [1.54, 1.807) is 11.3 Å². The van der Waals surface area contributed by atoms with Crippen molar-refractivity contribution in [3.63, 3.8) is 0 Å². The van der Waals surface area contributed by atoms with E-state index in [2.05, 4.69) is 31.3 Å². The molecule has 0 spiro atoms. The molecule has 5 rings (SSSR count). The Bertz CT molecular complexity index is 1240. The van der Waals surface area contributed by atoms with Crippen LogP contribution >= 0.6 is 11.3 Å². The van der Waals surface area contributed by atoms with Crippen molar-refractivity contribution >= 4 is 33.3 Å². The predicted octanol–water partition coefficient (Wildman–Crippen LogP) is 6.04. The van der Waals surface area contributed by atoms with Crippen LogP contribution in [0.5, 0.6) is 0 Å². The molecule has 1 N–H and O–H groups in total. The van der Waals surface area contributed by atoms with E-state index in [9.17, 15) is 4.79 Å². The number of anilines is 1. The summed E-state index contributed by atoms with van der Waals surface area (Å²) < 4.78 is 0. The number of carbonyl (C=O) groups is 1. The van der Waals surface area contributed by atoms with Crippen molar-refractivity contribution in [2.75, 3.05) is 5.32 Å². The van der Waals surface area contributed by atoms with Crippen molar-refractivity contribution in [1.82, 2.24) is 9.97 Å². The molecule has 0 aliphatic heterocycles. The number of nitrogens with one attached hydrogen (secondary N) is 1. The Morgan fingerprint density at radius 1 is 1.10 bits per heavy atom. The van der Waals surface area contributed by atoms with Crippen molar-refractivity contribution in [3.8, 4) is 11.3 Å². The van der Waals surface area contributed by atoms with Crippen LogP contribution in [0.3, 0.4) is 0 Å². The van der Waals surface area contributed by atoms with Crippen molar-refractivity contribution < 1.29 is 4.79 Å². The number of aryl methyl sites for hydroxylation is 2. The van der Waals surface area contributed by atoms with Gasteiger partial charge in [0.1, 0.15) is 0 Å². The highest BCUT2D eigenvalue weighted by Gasteiger charge is 2.21. The molecule has 4 nitrogen and oxygen atoms in total. The summed E-state index contributed by atoms with van der Waals surface area (Å²) in [4.78, 5) is 24.1. The van der Waals surface area contributed by atoms with Crippen molar-refractivity contribution in [2.24, 2.45) is 5.92 Å². The third-order valence-electron chi connectivity index (χ3n) is 5.71. The van der Waals surface area contributed by atoms with Gasteiger partial charge in [0.2, 0.25) is 0 Å². The summed E-state index contributed by atoms with van der Waals surface area (Å²) in [5, 5.41) is 4.59. The lowest BCUT2D eigenvalue weighted by molar-refractivity contribution is 0.102. The minimum atomic E-state index is -0.138. The number of nitrogens with zero attached hydrogens (tertiary/aromatic N) is 2. The molecule has 1 aliphatic carbocycles. The van der Waals surface area contributed by atoms with Crippen molar-refractivity contribution in [1.29, 1.82) is 0 Å². The van der Waals surface area contributed by atoms with Crippen LogP contribution in [0.25, 0.3) is 22.2 Å². The number of hydrogen-bond donors (Lipinski definition) is 1. The Balaban J connectivity index is 1.52. The first-order valence-electron chi connectivity index (χ1n) is 10.3. The van der Waals surface area contributed by atoms with Crippen LogP contribution in [-0.2, 0) is 12.8 Å². The molecular formula is C25H23N3OS. The van der Waals surface area contributed by atoms with Gasteiger partial charge in [0.25, 0.3) is 5.91 Å². The van der Waals surface area contributed by atoms with Crippen LogP contribution < -0.4 is 5.32 Å². The maximum Gasteiger partial charge on any atom is 0.258 e. The van der Waals surface area contributed by atoms with Crippen LogP contribution in [-0.4, -0.2) is 15.9 Å². The summed E-state index contributed by atoms with van der Waals surface area (Å²) in [6.45, 7) is 4.33. The van der Waals surface area contributed by atoms with Crippen LogP contribution in [0.15, 0.2) is 54.6 Å². The Hall–Kier alpha value is -3.05. The number of aromatic nitrogens is 2. The van der Waals surface area contributed by atoms with Gasteiger partial charge in [0.15, 0.2) is 5.13 Å². The van der Waals surface area contributed by atoms with Gasteiger partial charge in [-0.3, -0.25) is 10.1 Å². The van der Waals surface area contributed by atoms with E-state index in [0.29, 0.717) is 16.6 Å². The average Bonchev–Trinajstić information content (AvgIpc) is 3.14. The largest absolute Gasteiger partial charge is 0.298 e. The number of rotatable bonds is 3. The van der Waals surface area contributed by atoms with Crippen LogP contribution in [0.4, 0.5) is 5.13 Å². The molecule has 5 heteroatoms. The second-order valence-corrected chi connectivity index (χ2v) is 9.21. The van der Waals surface area contributed by atoms with Gasteiger partial charge in [0, 0.05) is 15.8 Å². The van der Waals surface area contributed by atoms with Gasteiger partial charge in [-0.15, -0.1) is 11.3 Å². The van der Waals surface area contributed by atoms with Crippen LogP contribution in [0.1, 0.15) is 39.8 Å². The topological polar surface area (TPSA) is 54.9 Å². The molecule has 30 heavy (non-hydrogen) atoms. The number of carbonyl (C=O) groups excluding carboxylic acids is 1. The zero-order valence-electron chi connectivity index (χ0n) is 17.1. The van der Waals surface area contributed by atoms with E-state index < -0.39 is 0 Å². The average molecular weight is 414 g/mol. The second kappa shape index (κ2) is 7.65. The molecule has 2 heterocycles. The summed E-state index contributed by atoms with van der Waals surface area (Å²) in [6.07, 6.45) is 3.22. The predicted molar refractivity (Wildman–Crippen MR) is 123 cm³/mol. The number of hydrogen-bond acceptors (Lipinski definition) is 4. The standard InChI is InChI=1S/C25H23N3OS/c1-15-7-10-17(11-8-15)22-14-19(18-5-3-4-6-20(18)26-22)24(29)28-25-27-21-12-9-16(2)13-23(21)30-25/h3-8,10-11,14,16H,9,12-13H2,1-2H3,(H,27,28,29)/t16-/m1/s1. The molecule has 0 radical (unpaired) electrons. The second-order valence-electron chi connectivity index (χ2n) is 8.13. The van der Waals surface area contributed by atoms with Crippen LogP contribution in [0, 0.1) is 12.8 Å². The first-order chi connectivity index (χ1) is 14.6. The van der Waals surface area contributed by atoms with E-state index in [1.807, 2.05) is 42.5 Å². The molecule has 0 unspecified atom stereocenters. The number of fused-ring (bicyclic) bond motifs is 2. The van der Waals surface area contributed by atoms with Crippen molar-refractivity contribution in [3.05, 3.63) is 76.3 Å². The summed E-state index contributed by atoms with van der Waals surface area (Å²) in [5.74, 6) is 0.545. The lowest BCUT2D eigenvalue weighted by Gasteiger charge is -2.15. The molecule has 1 aliphatic rings. The SMILES string of the molecule is Cc1ccc(-c2cc(C(=O)Nc3nc4c(s3)C[C@H](C)CC4)c3ccccc3n2)cc1. The summed E-state index contributed by atoms with van der Waals surface area (Å²) in [5.41, 5.74) is 5.57. The molecule has 150 valence electrons. The van der Waals surface area contributed by atoms with Gasteiger partial charge in [-0.1, -0.05) is 55.0 Å². The zero-order valence-corrected chi connectivity index (χ0v) is 17.9. The molecule has 0 bridgehead atoms. The third kappa shape index (κ3) is 3.61. The molecule has 1 amide bonds. The molecule has 2 aromatic carbocycles. The molecule has 2 aromatic heterocycles. The quantitative estimate of drug-likeness (QED) is 0.445. The minimum absolute atomic E-state index is 0.138. The fourth-order valence-corrected chi connectivity index (χ4v) is 5.16. The smallest absolute Gasteiger partial charge is 0.258 e. The molecule has 0 fully saturated rings. The molecular weight excluding hydrogens is 390 g/mol. The molecule has 0 saturated heterocycles. The first kappa shape index (κ1) is 18.9. The monoisotopic (exact) mass is 413 g/mol. The van der Waals surface area contributed by atoms with E-state index in [0.717, 1.165) is 40.7 Å². The first-order valence-corrected chi connectivity index (χ1v) is 11.2. The van der Waals surface area contributed by atoms with Gasteiger partial charge in [0.05, 0.1) is 22.5 Å². The van der Waals surface area contributed by atoms with Gasteiger partial charge in [-0.05, 0) is 44.2 Å². The third-order valence-corrected chi connectivity index (χ3v) is 6.75. The summed E-state index contributed by atoms with van der Waals surface area (Å²) in [6, 6.07) is 17.9. The van der Waals surface area contributed by atoms with E-state index >= 15 is 0 Å². The molecule has 1 atom stereocenters. The van der Waals surface area contributed by atoms with Gasteiger partial charge in [-0.2, -0.15) is 0 Å². The Morgan fingerprint density at radius 2 is 1.90 bits per heavy atom. The normalized spacial score (nSPS) is 15.7. The number of benzene rings is 2. The number of amides is 1. The Morgan fingerprint density at radius 3 is 2.73 bits per heavy atom. The summed E-state index contributed by atoms with van der Waals surface area (Å²) in [7, 11) is 0. The highest BCUT2D eigenvalue weighted by atomic mass is 32.1. The fraction of sp³-hybridized carbons (Fsp3) is 0.240.